The molecule has 2 rings (SSSR count). The first-order valence-electron chi connectivity index (χ1n) is 6.14. The predicted molar refractivity (Wildman–Crippen MR) is 70.6 cm³/mol. The number of aromatic nitrogens is 3. The molecule has 0 saturated carbocycles. The van der Waals surface area contributed by atoms with Crippen LogP contribution in [0.15, 0.2) is 30.6 Å². The second kappa shape index (κ2) is 5.75. The second-order valence-corrected chi connectivity index (χ2v) is 4.26. The number of imidazole rings is 1. The van der Waals surface area contributed by atoms with Crippen LogP contribution in [-0.2, 0) is 13.0 Å². The lowest BCUT2D eigenvalue weighted by molar-refractivity contribution is 0.511. The number of aryl methyl sites for hydroxylation is 2. The van der Waals surface area contributed by atoms with Gasteiger partial charge in [-0.15, -0.1) is 0 Å². The third kappa shape index (κ3) is 2.75. The molecule has 0 aliphatic heterocycles. The van der Waals surface area contributed by atoms with E-state index < -0.39 is 0 Å². The van der Waals surface area contributed by atoms with Crippen LogP contribution in [0, 0.1) is 6.92 Å². The summed E-state index contributed by atoms with van der Waals surface area (Å²) in [4.78, 5) is 8.86. The van der Waals surface area contributed by atoms with E-state index in [1.807, 2.05) is 37.5 Å². The molecular weight excluding hydrogens is 226 g/mol. The Bertz CT molecular complexity index is 506. The van der Waals surface area contributed by atoms with Crippen molar-refractivity contribution < 1.29 is 0 Å². The van der Waals surface area contributed by atoms with Crippen LogP contribution in [0.25, 0.3) is 0 Å². The largest absolute Gasteiger partial charge is 0.335 e. The fourth-order valence-electron chi connectivity index (χ4n) is 2.01. The summed E-state index contributed by atoms with van der Waals surface area (Å²) in [5.41, 5.74) is 4.76. The standard InChI is InChI=1S/C13H19N5/c1-3-18-8-7-15-13(18)9-12(17-14)11-6-4-5-10(2)16-11/h4-8,12,17H,3,9,14H2,1-2H3. The summed E-state index contributed by atoms with van der Waals surface area (Å²) in [5.74, 6) is 6.65. The summed E-state index contributed by atoms with van der Waals surface area (Å²) in [6.07, 6.45) is 4.52. The topological polar surface area (TPSA) is 68.8 Å². The fraction of sp³-hybridized carbons (Fsp3) is 0.385. The zero-order valence-corrected chi connectivity index (χ0v) is 10.8. The Balaban J connectivity index is 2.20. The zero-order valence-electron chi connectivity index (χ0n) is 10.8. The van der Waals surface area contributed by atoms with Gasteiger partial charge in [0, 0.05) is 31.1 Å². The van der Waals surface area contributed by atoms with E-state index in [9.17, 15) is 0 Å². The molecule has 2 aromatic heterocycles. The molecule has 1 unspecified atom stereocenters. The molecule has 0 bridgehead atoms. The number of rotatable bonds is 5. The summed E-state index contributed by atoms with van der Waals surface area (Å²) in [6.45, 7) is 4.99. The van der Waals surface area contributed by atoms with Crippen LogP contribution in [-0.4, -0.2) is 14.5 Å². The van der Waals surface area contributed by atoms with Crippen molar-refractivity contribution in [3.8, 4) is 0 Å². The summed E-state index contributed by atoms with van der Waals surface area (Å²) >= 11 is 0. The molecule has 18 heavy (non-hydrogen) atoms. The van der Waals surface area contributed by atoms with Gasteiger partial charge in [0.05, 0.1) is 11.7 Å². The average Bonchev–Trinajstić information content (AvgIpc) is 2.83. The van der Waals surface area contributed by atoms with Gasteiger partial charge >= 0.3 is 0 Å². The highest BCUT2D eigenvalue weighted by atomic mass is 15.2. The van der Waals surface area contributed by atoms with Gasteiger partial charge in [0.25, 0.3) is 0 Å². The van der Waals surface area contributed by atoms with Crippen LogP contribution in [0.2, 0.25) is 0 Å². The maximum atomic E-state index is 5.64. The van der Waals surface area contributed by atoms with E-state index in [1.54, 1.807) is 0 Å². The molecule has 5 nitrogen and oxygen atoms in total. The zero-order chi connectivity index (χ0) is 13.0. The van der Waals surface area contributed by atoms with Gasteiger partial charge in [0.2, 0.25) is 0 Å². The lowest BCUT2D eigenvalue weighted by atomic mass is 10.1. The van der Waals surface area contributed by atoms with Crippen molar-refractivity contribution in [2.45, 2.75) is 32.9 Å². The maximum absolute atomic E-state index is 5.64. The van der Waals surface area contributed by atoms with Crippen LogP contribution in [0.5, 0.6) is 0 Å². The number of nitrogens with two attached hydrogens (primary N) is 1. The molecule has 2 heterocycles. The van der Waals surface area contributed by atoms with E-state index in [2.05, 4.69) is 26.9 Å². The highest BCUT2D eigenvalue weighted by Crippen LogP contribution is 2.15. The monoisotopic (exact) mass is 245 g/mol. The molecule has 1 atom stereocenters. The normalized spacial score (nSPS) is 12.6. The predicted octanol–water partition coefficient (Wildman–Crippen LogP) is 1.35. The molecule has 5 heteroatoms. The lowest BCUT2D eigenvalue weighted by Crippen LogP contribution is -2.31. The Labute approximate surface area is 107 Å². The van der Waals surface area contributed by atoms with E-state index in [-0.39, 0.29) is 6.04 Å². The highest BCUT2D eigenvalue weighted by molar-refractivity contribution is 5.15. The van der Waals surface area contributed by atoms with Crippen molar-refractivity contribution in [3.05, 3.63) is 47.8 Å². The Hall–Kier alpha value is -1.72. The van der Waals surface area contributed by atoms with Crippen molar-refractivity contribution in [1.29, 1.82) is 0 Å². The SMILES string of the molecule is CCn1ccnc1CC(NN)c1cccc(C)n1. The van der Waals surface area contributed by atoms with E-state index in [0.29, 0.717) is 0 Å². The second-order valence-electron chi connectivity index (χ2n) is 4.26. The summed E-state index contributed by atoms with van der Waals surface area (Å²) in [5, 5.41) is 0. The highest BCUT2D eigenvalue weighted by Gasteiger charge is 2.14. The van der Waals surface area contributed by atoms with Crippen molar-refractivity contribution in [3.63, 3.8) is 0 Å². The minimum absolute atomic E-state index is 0.0161. The maximum Gasteiger partial charge on any atom is 0.110 e. The van der Waals surface area contributed by atoms with E-state index in [0.717, 1.165) is 30.2 Å². The number of hydrogen-bond donors (Lipinski definition) is 2. The van der Waals surface area contributed by atoms with Crippen LogP contribution in [0.3, 0.4) is 0 Å². The quantitative estimate of drug-likeness (QED) is 0.616. The first-order valence-corrected chi connectivity index (χ1v) is 6.14. The van der Waals surface area contributed by atoms with Gasteiger partial charge in [-0.05, 0) is 26.0 Å². The minimum atomic E-state index is -0.0161. The molecule has 0 saturated heterocycles. The molecule has 0 amide bonds. The minimum Gasteiger partial charge on any atom is -0.335 e. The van der Waals surface area contributed by atoms with Crippen LogP contribution in [0.4, 0.5) is 0 Å². The average molecular weight is 245 g/mol. The Kier molecular flexibility index (Phi) is 4.07. The molecule has 3 N–H and O–H groups in total. The molecule has 0 aliphatic rings. The van der Waals surface area contributed by atoms with Crippen LogP contribution in [0.1, 0.15) is 30.2 Å². The third-order valence-corrected chi connectivity index (χ3v) is 3.00. The summed E-state index contributed by atoms with van der Waals surface area (Å²) in [7, 11) is 0. The molecule has 96 valence electrons. The molecule has 0 spiro atoms. The van der Waals surface area contributed by atoms with Crippen molar-refractivity contribution in [2.24, 2.45) is 5.84 Å². The molecule has 0 radical (unpaired) electrons. The van der Waals surface area contributed by atoms with Gasteiger partial charge in [-0.3, -0.25) is 16.3 Å². The molecule has 0 aromatic carbocycles. The number of nitrogens with one attached hydrogen (secondary N) is 1. The van der Waals surface area contributed by atoms with Crippen molar-refractivity contribution in [1.82, 2.24) is 20.0 Å². The smallest absolute Gasteiger partial charge is 0.110 e. The van der Waals surface area contributed by atoms with Gasteiger partial charge in [0.1, 0.15) is 5.82 Å². The summed E-state index contributed by atoms with van der Waals surface area (Å²) in [6, 6.07) is 5.94. The van der Waals surface area contributed by atoms with Gasteiger partial charge in [-0.25, -0.2) is 4.98 Å². The molecular formula is C13H19N5. The number of hydrogen-bond acceptors (Lipinski definition) is 4. The molecule has 2 aromatic rings. The summed E-state index contributed by atoms with van der Waals surface area (Å²) < 4.78 is 2.11. The van der Waals surface area contributed by atoms with Crippen molar-refractivity contribution in [2.75, 3.05) is 0 Å². The Morgan fingerprint density at radius 1 is 1.44 bits per heavy atom. The van der Waals surface area contributed by atoms with Crippen molar-refractivity contribution >= 4 is 0 Å². The Morgan fingerprint density at radius 2 is 2.28 bits per heavy atom. The van der Waals surface area contributed by atoms with E-state index in [1.165, 1.54) is 0 Å². The number of hydrazine groups is 1. The molecule has 0 aliphatic carbocycles. The van der Waals surface area contributed by atoms with Crippen LogP contribution >= 0.6 is 0 Å². The van der Waals surface area contributed by atoms with E-state index >= 15 is 0 Å². The van der Waals surface area contributed by atoms with E-state index in [4.69, 9.17) is 5.84 Å². The third-order valence-electron chi connectivity index (χ3n) is 3.00. The lowest BCUT2D eigenvalue weighted by Gasteiger charge is -2.16. The van der Waals surface area contributed by atoms with Gasteiger partial charge in [0.15, 0.2) is 0 Å². The number of pyridine rings is 1. The number of nitrogens with zero attached hydrogens (tertiary/aromatic N) is 3. The Morgan fingerprint density at radius 3 is 2.94 bits per heavy atom. The van der Waals surface area contributed by atoms with Gasteiger partial charge in [-0.1, -0.05) is 6.07 Å². The first kappa shape index (κ1) is 12.7. The fourth-order valence-corrected chi connectivity index (χ4v) is 2.01. The van der Waals surface area contributed by atoms with Gasteiger partial charge in [-0.2, -0.15) is 0 Å². The molecule has 0 fully saturated rings. The van der Waals surface area contributed by atoms with Crippen LogP contribution < -0.4 is 11.3 Å². The van der Waals surface area contributed by atoms with Gasteiger partial charge < -0.3 is 4.57 Å². The first-order chi connectivity index (χ1) is 8.74.